The summed E-state index contributed by atoms with van der Waals surface area (Å²) in [6.45, 7) is 2.31. The zero-order valence-corrected chi connectivity index (χ0v) is 11.2. The largest absolute Gasteiger partial charge is 0.384 e. The van der Waals surface area contributed by atoms with Gasteiger partial charge in [0, 0.05) is 26.2 Å². The summed E-state index contributed by atoms with van der Waals surface area (Å²) < 4.78 is 4.94. The summed E-state index contributed by atoms with van der Waals surface area (Å²) in [6, 6.07) is 0.305. The van der Waals surface area contributed by atoms with Gasteiger partial charge in [0.1, 0.15) is 0 Å². The average molecular weight is 263 g/mol. The molecule has 1 aliphatic heterocycles. The summed E-state index contributed by atoms with van der Waals surface area (Å²) in [4.78, 5) is 13.8. The third-order valence-corrected chi connectivity index (χ3v) is 4.03. The molecule has 17 heavy (non-hydrogen) atoms. The van der Waals surface area contributed by atoms with Gasteiger partial charge in [0.05, 0.1) is 13.0 Å². The van der Waals surface area contributed by atoms with Crippen LogP contribution in [0, 0.1) is 11.8 Å². The van der Waals surface area contributed by atoms with Gasteiger partial charge in [-0.15, -0.1) is 12.4 Å². The molecule has 1 aliphatic carbocycles. The Balaban J connectivity index is 0.00000144. The molecule has 2 fully saturated rings. The molecule has 0 aromatic heterocycles. The van der Waals surface area contributed by atoms with Crippen LogP contribution in [0.5, 0.6) is 0 Å². The third kappa shape index (κ3) is 3.33. The lowest BCUT2D eigenvalue weighted by atomic mass is 9.78. The van der Waals surface area contributed by atoms with E-state index in [0.717, 1.165) is 19.5 Å². The molecule has 100 valence electrons. The van der Waals surface area contributed by atoms with Crippen LogP contribution in [0.1, 0.15) is 25.7 Å². The number of fused-ring (bicyclic) bond motifs is 1. The highest BCUT2D eigenvalue weighted by atomic mass is 35.5. The number of amides is 1. The molecule has 1 saturated heterocycles. The minimum absolute atomic E-state index is 0. The van der Waals surface area contributed by atoms with Crippen molar-refractivity contribution in [2.45, 2.75) is 31.7 Å². The van der Waals surface area contributed by atoms with Crippen LogP contribution >= 0.6 is 12.4 Å². The smallest absolute Gasteiger partial charge is 0.224 e. The first-order chi connectivity index (χ1) is 7.72. The number of nitrogens with zero attached hydrogens (tertiary/aromatic N) is 1. The van der Waals surface area contributed by atoms with E-state index in [1.165, 1.54) is 12.8 Å². The van der Waals surface area contributed by atoms with Crippen molar-refractivity contribution in [1.29, 1.82) is 0 Å². The number of hydrogen-bond acceptors (Lipinski definition) is 3. The fraction of sp³-hybridized carbons (Fsp3) is 0.917. The van der Waals surface area contributed by atoms with E-state index in [-0.39, 0.29) is 18.3 Å². The number of rotatable bonds is 3. The number of nitrogens with two attached hydrogens (primary N) is 1. The van der Waals surface area contributed by atoms with Gasteiger partial charge < -0.3 is 15.4 Å². The van der Waals surface area contributed by atoms with Crippen molar-refractivity contribution in [3.63, 3.8) is 0 Å². The van der Waals surface area contributed by atoms with Gasteiger partial charge in [0.25, 0.3) is 0 Å². The van der Waals surface area contributed by atoms with Crippen molar-refractivity contribution in [2.75, 3.05) is 26.8 Å². The summed E-state index contributed by atoms with van der Waals surface area (Å²) in [5.74, 6) is 1.42. The summed E-state index contributed by atoms with van der Waals surface area (Å²) >= 11 is 0. The van der Waals surface area contributed by atoms with Gasteiger partial charge in [0.15, 0.2) is 0 Å². The van der Waals surface area contributed by atoms with Crippen LogP contribution in [0.3, 0.4) is 0 Å². The fourth-order valence-corrected chi connectivity index (χ4v) is 3.07. The second-order valence-corrected chi connectivity index (χ2v) is 5.06. The molecule has 0 spiro atoms. The van der Waals surface area contributed by atoms with Crippen molar-refractivity contribution in [1.82, 2.24) is 4.90 Å². The van der Waals surface area contributed by atoms with Crippen LogP contribution in [0.15, 0.2) is 0 Å². The Labute approximate surface area is 109 Å². The number of carbonyl (C=O) groups is 1. The first-order valence-corrected chi connectivity index (χ1v) is 6.24. The zero-order valence-electron chi connectivity index (χ0n) is 10.4. The zero-order chi connectivity index (χ0) is 11.5. The lowest BCUT2D eigenvalue weighted by molar-refractivity contribution is -0.131. The molecule has 0 radical (unpaired) electrons. The molecule has 3 unspecified atom stereocenters. The van der Waals surface area contributed by atoms with Gasteiger partial charge in [-0.3, -0.25) is 4.79 Å². The minimum atomic E-state index is 0. The number of carbonyl (C=O) groups excluding carboxylic acids is 1. The van der Waals surface area contributed by atoms with Crippen molar-refractivity contribution >= 4 is 18.3 Å². The van der Waals surface area contributed by atoms with Crippen molar-refractivity contribution in [3.05, 3.63) is 0 Å². The van der Waals surface area contributed by atoms with Crippen LogP contribution in [-0.2, 0) is 9.53 Å². The molecule has 5 heteroatoms. The molecule has 1 heterocycles. The maximum atomic E-state index is 11.9. The number of halogens is 1. The first-order valence-electron chi connectivity index (χ1n) is 6.24. The summed E-state index contributed by atoms with van der Waals surface area (Å²) in [6.07, 6.45) is 4.10. The second-order valence-electron chi connectivity index (χ2n) is 5.06. The molecule has 1 amide bonds. The van der Waals surface area contributed by atoms with Crippen LogP contribution in [-0.4, -0.2) is 43.7 Å². The lowest BCUT2D eigenvalue weighted by Crippen LogP contribution is -2.38. The SMILES string of the molecule is COCCC(=O)N1CC2CCCC(N)C2C1.Cl. The van der Waals surface area contributed by atoms with E-state index in [2.05, 4.69) is 0 Å². The van der Waals surface area contributed by atoms with Crippen LogP contribution in [0.25, 0.3) is 0 Å². The number of likely N-dealkylation sites (tertiary alicyclic amines) is 1. The third-order valence-electron chi connectivity index (χ3n) is 4.03. The van der Waals surface area contributed by atoms with E-state index < -0.39 is 0 Å². The molecule has 0 aromatic carbocycles. The van der Waals surface area contributed by atoms with Crippen molar-refractivity contribution < 1.29 is 9.53 Å². The van der Waals surface area contributed by atoms with Crippen molar-refractivity contribution in [2.24, 2.45) is 17.6 Å². The molecule has 0 aromatic rings. The Morgan fingerprint density at radius 3 is 2.82 bits per heavy atom. The standard InChI is InChI=1S/C12H22N2O2.ClH/c1-16-6-5-12(15)14-7-9-3-2-4-11(13)10(9)8-14;/h9-11H,2-8,13H2,1H3;1H. The number of methoxy groups -OCH3 is 1. The van der Waals surface area contributed by atoms with E-state index >= 15 is 0 Å². The summed E-state index contributed by atoms with van der Waals surface area (Å²) in [5.41, 5.74) is 6.12. The van der Waals surface area contributed by atoms with Gasteiger partial charge in [-0.2, -0.15) is 0 Å². The highest BCUT2D eigenvalue weighted by Gasteiger charge is 2.39. The molecule has 2 aliphatic rings. The highest BCUT2D eigenvalue weighted by molar-refractivity contribution is 5.85. The molecule has 2 N–H and O–H groups in total. The molecule has 3 atom stereocenters. The summed E-state index contributed by atoms with van der Waals surface area (Å²) in [5, 5.41) is 0. The Hall–Kier alpha value is -0.320. The Morgan fingerprint density at radius 1 is 1.41 bits per heavy atom. The van der Waals surface area contributed by atoms with Crippen LogP contribution in [0.2, 0.25) is 0 Å². The van der Waals surface area contributed by atoms with Gasteiger partial charge in [-0.05, 0) is 24.7 Å². The maximum Gasteiger partial charge on any atom is 0.224 e. The highest BCUT2D eigenvalue weighted by Crippen LogP contribution is 2.35. The van der Waals surface area contributed by atoms with Gasteiger partial charge >= 0.3 is 0 Å². The molecular weight excluding hydrogens is 240 g/mol. The van der Waals surface area contributed by atoms with E-state index in [4.69, 9.17) is 10.5 Å². The first kappa shape index (κ1) is 14.7. The Morgan fingerprint density at radius 2 is 2.18 bits per heavy atom. The molecule has 4 nitrogen and oxygen atoms in total. The quantitative estimate of drug-likeness (QED) is 0.827. The predicted octanol–water partition coefficient (Wildman–Crippen LogP) is 1.03. The second kappa shape index (κ2) is 6.57. The van der Waals surface area contributed by atoms with E-state index in [1.807, 2.05) is 4.90 Å². The van der Waals surface area contributed by atoms with Crippen molar-refractivity contribution in [3.8, 4) is 0 Å². The molecule has 2 rings (SSSR count). The topological polar surface area (TPSA) is 55.6 Å². The number of ether oxygens (including phenoxy) is 1. The van der Waals surface area contributed by atoms with Gasteiger partial charge in [-0.25, -0.2) is 0 Å². The van der Waals surface area contributed by atoms with E-state index in [1.54, 1.807) is 7.11 Å². The molecule has 0 bridgehead atoms. The van der Waals surface area contributed by atoms with E-state index in [9.17, 15) is 4.79 Å². The van der Waals surface area contributed by atoms with Crippen LogP contribution < -0.4 is 5.73 Å². The fourth-order valence-electron chi connectivity index (χ4n) is 3.07. The lowest BCUT2D eigenvalue weighted by Gasteiger charge is -2.29. The Bertz CT molecular complexity index is 263. The van der Waals surface area contributed by atoms with Gasteiger partial charge in [-0.1, -0.05) is 6.42 Å². The maximum absolute atomic E-state index is 11.9. The normalized spacial score (nSPS) is 31.9. The van der Waals surface area contributed by atoms with Gasteiger partial charge in [0.2, 0.25) is 5.91 Å². The van der Waals surface area contributed by atoms with E-state index in [0.29, 0.717) is 30.9 Å². The monoisotopic (exact) mass is 262 g/mol. The minimum Gasteiger partial charge on any atom is -0.384 e. The molecule has 1 saturated carbocycles. The number of hydrogen-bond donors (Lipinski definition) is 1. The van der Waals surface area contributed by atoms with Crippen LogP contribution in [0.4, 0.5) is 0 Å². The average Bonchev–Trinajstić information content (AvgIpc) is 2.71. The Kier molecular flexibility index (Phi) is 5.70. The summed E-state index contributed by atoms with van der Waals surface area (Å²) in [7, 11) is 1.63. The molecular formula is C12H23ClN2O2. The predicted molar refractivity (Wildman–Crippen MR) is 69.1 cm³/mol.